The van der Waals surface area contributed by atoms with Gasteiger partial charge in [0.2, 0.25) is 5.91 Å². The molecule has 3 N–H and O–H groups in total. The Kier molecular flexibility index (Phi) is 7.27. The average molecular weight is 451 g/mol. The molecule has 2 aliphatic rings. The summed E-state index contributed by atoms with van der Waals surface area (Å²) in [5, 5.41) is 14.0. The quantitative estimate of drug-likeness (QED) is 0.537. The summed E-state index contributed by atoms with van der Waals surface area (Å²) in [6.07, 6.45) is 4.48. The highest BCUT2D eigenvalue weighted by atomic mass is 16.5. The zero-order chi connectivity index (χ0) is 23.2. The Labute approximate surface area is 193 Å². The van der Waals surface area contributed by atoms with Gasteiger partial charge in [-0.05, 0) is 34.6 Å². The molecule has 7 nitrogen and oxygen atoms in total. The lowest BCUT2D eigenvalue weighted by Crippen LogP contribution is -2.41. The smallest absolute Gasteiger partial charge is 0.407 e. The summed E-state index contributed by atoms with van der Waals surface area (Å²) in [7, 11) is 0. The third kappa shape index (κ3) is 5.53. The van der Waals surface area contributed by atoms with Crippen LogP contribution in [0.4, 0.5) is 4.79 Å². The molecule has 33 heavy (non-hydrogen) atoms. The van der Waals surface area contributed by atoms with Crippen LogP contribution in [0.2, 0.25) is 0 Å². The maximum absolute atomic E-state index is 12.5. The van der Waals surface area contributed by atoms with Gasteiger partial charge in [-0.1, -0.05) is 74.2 Å². The predicted molar refractivity (Wildman–Crippen MR) is 124 cm³/mol. The van der Waals surface area contributed by atoms with Gasteiger partial charge in [0.1, 0.15) is 13.2 Å². The number of carbonyl (C=O) groups excluding carboxylic acids is 2. The van der Waals surface area contributed by atoms with Crippen molar-refractivity contribution in [3.63, 3.8) is 0 Å². The van der Waals surface area contributed by atoms with E-state index in [0.29, 0.717) is 12.3 Å². The number of nitrogens with one attached hydrogen (secondary N) is 2. The van der Waals surface area contributed by atoms with E-state index in [9.17, 15) is 14.4 Å². The molecule has 0 aromatic heterocycles. The molecule has 0 heterocycles. The van der Waals surface area contributed by atoms with Crippen molar-refractivity contribution in [2.75, 3.05) is 19.7 Å². The lowest BCUT2D eigenvalue weighted by molar-refractivity contribution is -0.138. The second-order valence-electron chi connectivity index (χ2n) is 8.90. The Hall–Kier alpha value is -3.35. The van der Waals surface area contributed by atoms with Crippen LogP contribution in [0.3, 0.4) is 0 Å². The Morgan fingerprint density at radius 2 is 1.55 bits per heavy atom. The molecule has 0 radical (unpaired) electrons. The summed E-state index contributed by atoms with van der Waals surface area (Å²) in [6.45, 7) is -0.0953. The number of amides is 2. The molecule has 0 saturated heterocycles. The molecule has 1 atom stereocenters. The Balaban J connectivity index is 1.34. The van der Waals surface area contributed by atoms with E-state index in [0.717, 1.165) is 47.9 Å². The van der Waals surface area contributed by atoms with Crippen molar-refractivity contribution < 1.29 is 24.2 Å². The summed E-state index contributed by atoms with van der Waals surface area (Å²) in [6, 6.07) is 16.3. The Morgan fingerprint density at radius 1 is 0.939 bits per heavy atom. The van der Waals surface area contributed by atoms with Gasteiger partial charge in [0, 0.05) is 12.5 Å². The second kappa shape index (κ2) is 10.5. The zero-order valence-corrected chi connectivity index (χ0v) is 18.6. The number of aliphatic carboxylic acids is 1. The van der Waals surface area contributed by atoms with Crippen molar-refractivity contribution in [2.45, 2.75) is 38.0 Å². The van der Waals surface area contributed by atoms with Gasteiger partial charge < -0.3 is 20.5 Å². The summed E-state index contributed by atoms with van der Waals surface area (Å²) in [5.74, 6) is -1.52. The predicted octanol–water partition coefficient (Wildman–Crippen LogP) is 3.92. The number of rotatable bonds is 9. The molecule has 1 fully saturated rings. The molecule has 2 amide bonds. The van der Waals surface area contributed by atoms with Gasteiger partial charge in [-0.25, -0.2) is 4.79 Å². The number of hydrogen-bond acceptors (Lipinski definition) is 4. The minimum absolute atomic E-state index is 0.0312. The van der Waals surface area contributed by atoms with Gasteiger partial charge in [-0.15, -0.1) is 0 Å². The monoisotopic (exact) mass is 450 g/mol. The molecule has 2 aromatic carbocycles. The highest BCUT2D eigenvalue weighted by molar-refractivity contribution is 5.83. The van der Waals surface area contributed by atoms with Gasteiger partial charge >= 0.3 is 12.1 Å². The third-order valence-corrected chi connectivity index (χ3v) is 6.71. The first-order chi connectivity index (χ1) is 16.0. The Morgan fingerprint density at radius 3 is 2.15 bits per heavy atom. The first-order valence-corrected chi connectivity index (χ1v) is 11.6. The fourth-order valence-corrected chi connectivity index (χ4v) is 5.09. The van der Waals surface area contributed by atoms with Gasteiger partial charge in [0.05, 0.1) is 5.92 Å². The molecule has 4 rings (SSSR count). The van der Waals surface area contributed by atoms with Crippen LogP contribution in [0.5, 0.6) is 0 Å². The highest BCUT2D eigenvalue weighted by Crippen LogP contribution is 2.44. The molecular formula is C26H30N2O5. The minimum atomic E-state index is -1.09. The molecule has 0 spiro atoms. The van der Waals surface area contributed by atoms with E-state index in [-0.39, 0.29) is 25.0 Å². The van der Waals surface area contributed by atoms with E-state index in [1.54, 1.807) is 0 Å². The summed E-state index contributed by atoms with van der Waals surface area (Å²) < 4.78 is 5.56. The number of fused-ring (bicyclic) bond motifs is 3. The number of alkyl carbamates (subject to hydrolysis) is 1. The van der Waals surface area contributed by atoms with Crippen molar-refractivity contribution in [3.8, 4) is 11.1 Å². The minimum Gasteiger partial charge on any atom is -0.480 e. The SMILES string of the molecule is O=C(O)CNC(=O)C(CNC(=O)OCC1c2ccccc2-c2ccccc21)CC1CCCC1. The average Bonchev–Trinajstić information content (AvgIpc) is 3.45. The summed E-state index contributed by atoms with van der Waals surface area (Å²) in [5.41, 5.74) is 4.60. The molecular weight excluding hydrogens is 420 g/mol. The summed E-state index contributed by atoms with van der Waals surface area (Å²) in [4.78, 5) is 35.8. The number of hydrogen-bond donors (Lipinski definition) is 3. The molecule has 0 bridgehead atoms. The second-order valence-corrected chi connectivity index (χ2v) is 8.90. The van der Waals surface area contributed by atoms with Crippen LogP contribution in [0, 0.1) is 11.8 Å². The van der Waals surface area contributed by atoms with Crippen LogP contribution in [0.1, 0.15) is 49.1 Å². The largest absolute Gasteiger partial charge is 0.480 e. The van der Waals surface area contributed by atoms with Gasteiger partial charge in [-0.3, -0.25) is 9.59 Å². The van der Waals surface area contributed by atoms with Crippen molar-refractivity contribution in [2.24, 2.45) is 11.8 Å². The van der Waals surface area contributed by atoms with Crippen LogP contribution < -0.4 is 10.6 Å². The van der Waals surface area contributed by atoms with E-state index in [1.807, 2.05) is 24.3 Å². The lowest BCUT2D eigenvalue weighted by atomic mass is 9.92. The molecule has 1 saturated carbocycles. The van der Waals surface area contributed by atoms with Crippen LogP contribution in [-0.4, -0.2) is 42.8 Å². The first-order valence-electron chi connectivity index (χ1n) is 11.6. The zero-order valence-electron chi connectivity index (χ0n) is 18.6. The van der Waals surface area contributed by atoms with Crippen LogP contribution in [-0.2, 0) is 14.3 Å². The van der Waals surface area contributed by atoms with Crippen molar-refractivity contribution in [1.82, 2.24) is 10.6 Å². The van der Waals surface area contributed by atoms with E-state index < -0.39 is 24.5 Å². The van der Waals surface area contributed by atoms with Crippen LogP contribution >= 0.6 is 0 Å². The molecule has 7 heteroatoms. The number of carboxylic acids is 1. The molecule has 2 aliphatic carbocycles. The maximum Gasteiger partial charge on any atom is 0.407 e. The van der Waals surface area contributed by atoms with E-state index >= 15 is 0 Å². The third-order valence-electron chi connectivity index (χ3n) is 6.71. The highest BCUT2D eigenvalue weighted by Gasteiger charge is 2.30. The van der Waals surface area contributed by atoms with E-state index in [4.69, 9.17) is 9.84 Å². The number of ether oxygens (including phenoxy) is 1. The molecule has 0 aliphatic heterocycles. The standard InChI is InChI=1S/C26H30N2O5/c29-24(30)15-27-25(31)18(13-17-7-1-2-8-17)14-28-26(32)33-16-23-21-11-5-3-9-19(21)20-10-4-6-12-22(20)23/h3-6,9-12,17-18,23H,1-2,7-8,13-16H2,(H,27,31)(H,28,32)(H,29,30). The molecule has 174 valence electrons. The van der Waals surface area contributed by atoms with Gasteiger partial charge in [0.15, 0.2) is 0 Å². The number of benzene rings is 2. The fraction of sp³-hybridized carbons (Fsp3) is 0.423. The topological polar surface area (TPSA) is 105 Å². The van der Waals surface area contributed by atoms with Crippen LogP contribution in [0.15, 0.2) is 48.5 Å². The van der Waals surface area contributed by atoms with Crippen molar-refractivity contribution in [3.05, 3.63) is 59.7 Å². The lowest BCUT2D eigenvalue weighted by Gasteiger charge is -2.20. The van der Waals surface area contributed by atoms with E-state index in [1.165, 1.54) is 0 Å². The van der Waals surface area contributed by atoms with Crippen LogP contribution in [0.25, 0.3) is 11.1 Å². The number of carbonyl (C=O) groups is 3. The molecule has 2 aromatic rings. The Bertz CT molecular complexity index is 970. The molecule has 1 unspecified atom stereocenters. The van der Waals surface area contributed by atoms with Gasteiger partial charge in [0.25, 0.3) is 0 Å². The normalized spacial score (nSPS) is 16.0. The van der Waals surface area contributed by atoms with Crippen molar-refractivity contribution >= 4 is 18.0 Å². The number of carboxylic acid groups (broad SMARTS) is 1. The van der Waals surface area contributed by atoms with Crippen molar-refractivity contribution in [1.29, 1.82) is 0 Å². The fourth-order valence-electron chi connectivity index (χ4n) is 5.09. The summed E-state index contributed by atoms with van der Waals surface area (Å²) >= 11 is 0. The van der Waals surface area contributed by atoms with E-state index in [2.05, 4.69) is 34.9 Å². The first kappa shape index (κ1) is 22.8. The van der Waals surface area contributed by atoms with Gasteiger partial charge in [-0.2, -0.15) is 0 Å². The maximum atomic E-state index is 12.5.